The van der Waals surface area contributed by atoms with E-state index < -0.39 is 5.51 Å². The molecule has 0 unspecified atom stereocenters. The zero-order valence-corrected chi connectivity index (χ0v) is 7.41. The fourth-order valence-electron chi connectivity index (χ4n) is 0.966. The van der Waals surface area contributed by atoms with E-state index in [-0.39, 0.29) is 18.1 Å². The second-order valence-corrected chi connectivity index (χ2v) is 3.73. The molecule has 0 saturated heterocycles. The van der Waals surface area contributed by atoms with Crippen LogP contribution in [-0.4, -0.2) is 11.8 Å². The van der Waals surface area contributed by atoms with E-state index in [2.05, 4.69) is 0 Å². The van der Waals surface area contributed by atoms with Gasteiger partial charge in [-0.05, 0) is 35.1 Å². The molecular formula is C8H9F3OS. The Hall–Kier alpha value is -0.710. The number of alkyl halides is 3. The lowest BCUT2D eigenvalue weighted by Gasteiger charge is -2.12. The summed E-state index contributed by atoms with van der Waals surface area (Å²) >= 11 is -0.109. The maximum Gasteiger partial charge on any atom is 0.446 e. The smallest absolute Gasteiger partial charge is 0.298 e. The third-order valence-electron chi connectivity index (χ3n) is 1.54. The average Bonchev–Trinajstić information content (AvgIpc) is 2.03. The summed E-state index contributed by atoms with van der Waals surface area (Å²) < 4.78 is 35.6. The van der Waals surface area contributed by atoms with Crippen LogP contribution in [0.1, 0.15) is 14.3 Å². The SMILES string of the molecule is O=CC1=CC=C(SC(F)(F)F)CC1.[HH]. The van der Waals surface area contributed by atoms with E-state index in [0.717, 1.165) is 0 Å². The minimum Gasteiger partial charge on any atom is -0.298 e. The highest BCUT2D eigenvalue weighted by Gasteiger charge is 2.30. The molecule has 0 aromatic rings. The van der Waals surface area contributed by atoms with Crippen molar-refractivity contribution < 1.29 is 19.4 Å². The van der Waals surface area contributed by atoms with Crippen molar-refractivity contribution >= 4 is 18.0 Å². The van der Waals surface area contributed by atoms with E-state index in [4.69, 9.17) is 0 Å². The van der Waals surface area contributed by atoms with E-state index in [1.807, 2.05) is 0 Å². The second kappa shape index (κ2) is 4.00. The molecule has 0 aromatic heterocycles. The lowest BCUT2D eigenvalue weighted by molar-refractivity contribution is -0.105. The largest absolute Gasteiger partial charge is 0.446 e. The molecule has 5 heteroatoms. The molecule has 0 N–H and O–H groups in total. The van der Waals surface area contributed by atoms with Gasteiger partial charge in [-0.1, -0.05) is 12.2 Å². The number of carbonyl (C=O) groups is 1. The van der Waals surface area contributed by atoms with Crippen LogP contribution in [0.4, 0.5) is 13.2 Å². The van der Waals surface area contributed by atoms with Gasteiger partial charge in [-0.15, -0.1) is 0 Å². The molecule has 0 amide bonds. The molecule has 0 heterocycles. The Labute approximate surface area is 79.2 Å². The predicted molar refractivity (Wildman–Crippen MR) is 47.2 cm³/mol. The van der Waals surface area contributed by atoms with Gasteiger partial charge >= 0.3 is 5.51 Å². The van der Waals surface area contributed by atoms with Crippen LogP contribution in [0.15, 0.2) is 22.6 Å². The monoisotopic (exact) mass is 210 g/mol. The minimum absolute atomic E-state index is 0. The fraction of sp³-hybridized carbons (Fsp3) is 0.375. The first-order valence-corrected chi connectivity index (χ1v) is 4.43. The summed E-state index contributed by atoms with van der Waals surface area (Å²) in [5.74, 6) is 0. The number of hydrogen-bond acceptors (Lipinski definition) is 2. The summed E-state index contributed by atoms with van der Waals surface area (Å²) in [7, 11) is 0. The van der Waals surface area contributed by atoms with Gasteiger partial charge in [0.25, 0.3) is 0 Å². The topological polar surface area (TPSA) is 17.1 Å². The summed E-state index contributed by atoms with van der Waals surface area (Å²) in [6, 6.07) is 0. The number of rotatable bonds is 2. The first kappa shape index (κ1) is 10.4. The van der Waals surface area contributed by atoms with Crippen molar-refractivity contribution in [2.45, 2.75) is 18.3 Å². The van der Waals surface area contributed by atoms with E-state index >= 15 is 0 Å². The molecular weight excluding hydrogens is 201 g/mol. The normalized spacial score (nSPS) is 17.8. The Kier molecular flexibility index (Phi) is 3.19. The van der Waals surface area contributed by atoms with Crippen LogP contribution in [0.25, 0.3) is 0 Å². The van der Waals surface area contributed by atoms with Crippen molar-refractivity contribution in [3.63, 3.8) is 0 Å². The second-order valence-electron chi connectivity index (χ2n) is 2.54. The van der Waals surface area contributed by atoms with Gasteiger partial charge in [0.15, 0.2) is 0 Å². The summed E-state index contributed by atoms with van der Waals surface area (Å²) in [6.45, 7) is 0. The summed E-state index contributed by atoms with van der Waals surface area (Å²) in [4.78, 5) is 10.5. The number of halogens is 3. The molecule has 1 aliphatic rings. The van der Waals surface area contributed by atoms with Crippen LogP contribution < -0.4 is 0 Å². The highest BCUT2D eigenvalue weighted by atomic mass is 32.2. The van der Waals surface area contributed by atoms with Crippen LogP contribution in [0.2, 0.25) is 0 Å². The van der Waals surface area contributed by atoms with Crippen LogP contribution in [0.5, 0.6) is 0 Å². The van der Waals surface area contributed by atoms with Gasteiger partial charge in [0, 0.05) is 1.43 Å². The molecule has 0 aromatic carbocycles. The number of aldehydes is 1. The molecule has 13 heavy (non-hydrogen) atoms. The Bertz CT molecular complexity index is 270. The quantitative estimate of drug-likeness (QED) is 0.650. The number of thioether (sulfide) groups is 1. The zero-order valence-electron chi connectivity index (χ0n) is 6.60. The molecule has 1 nitrogen and oxygen atoms in total. The fourth-order valence-corrected chi connectivity index (χ4v) is 1.60. The molecule has 0 radical (unpaired) electrons. The van der Waals surface area contributed by atoms with Gasteiger partial charge in [0.05, 0.1) is 0 Å². The van der Waals surface area contributed by atoms with Crippen molar-refractivity contribution in [1.82, 2.24) is 0 Å². The highest BCUT2D eigenvalue weighted by molar-refractivity contribution is 8.03. The van der Waals surface area contributed by atoms with Crippen LogP contribution in [0.3, 0.4) is 0 Å². The minimum atomic E-state index is -4.22. The molecule has 1 rings (SSSR count). The maximum atomic E-state index is 11.9. The lowest BCUT2D eigenvalue weighted by Crippen LogP contribution is -2.02. The van der Waals surface area contributed by atoms with Gasteiger partial charge in [0.2, 0.25) is 0 Å². The molecule has 0 bridgehead atoms. The van der Waals surface area contributed by atoms with E-state index in [9.17, 15) is 18.0 Å². The van der Waals surface area contributed by atoms with Crippen molar-refractivity contribution in [3.8, 4) is 0 Å². The van der Waals surface area contributed by atoms with E-state index in [1.165, 1.54) is 12.2 Å². The molecule has 0 fully saturated rings. The standard InChI is InChI=1S/C8H7F3OS.H2/c9-8(10,11)13-7-3-1-6(5-12)2-4-7;/h1,3,5H,2,4H2;1H. The van der Waals surface area contributed by atoms with E-state index in [0.29, 0.717) is 24.7 Å². The van der Waals surface area contributed by atoms with Crippen LogP contribution in [-0.2, 0) is 4.79 Å². The van der Waals surface area contributed by atoms with Crippen molar-refractivity contribution in [3.05, 3.63) is 22.6 Å². The maximum absolute atomic E-state index is 11.9. The highest BCUT2D eigenvalue weighted by Crippen LogP contribution is 2.39. The molecule has 0 saturated carbocycles. The number of allylic oxidation sites excluding steroid dienone is 4. The average molecular weight is 210 g/mol. The zero-order chi connectivity index (χ0) is 9.90. The first-order chi connectivity index (χ1) is 6.01. The van der Waals surface area contributed by atoms with Crippen LogP contribution in [0, 0.1) is 0 Å². The molecule has 0 aliphatic heterocycles. The van der Waals surface area contributed by atoms with Gasteiger partial charge < -0.3 is 0 Å². The van der Waals surface area contributed by atoms with E-state index in [1.54, 1.807) is 0 Å². The van der Waals surface area contributed by atoms with Gasteiger partial charge in [0.1, 0.15) is 6.29 Å². The van der Waals surface area contributed by atoms with Gasteiger partial charge in [-0.25, -0.2) is 0 Å². The summed E-state index contributed by atoms with van der Waals surface area (Å²) in [5.41, 5.74) is -3.68. The van der Waals surface area contributed by atoms with Crippen LogP contribution >= 0.6 is 11.8 Å². The Morgan fingerprint density at radius 1 is 1.38 bits per heavy atom. The van der Waals surface area contributed by atoms with Crippen molar-refractivity contribution in [2.75, 3.05) is 0 Å². The summed E-state index contributed by atoms with van der Waals surface area (Å²) in [6.07, 6.45) is 4.16. The molecule has 1 aliphatic carbocycles. The number of carbonyl (C=O) groups excluding carboxylic acids is 1. The lowest BCUT2D eigenvalue weighted by atomic mass is 10.1. The Morgan fingerprint density at radius 3 is 2.46 bits per heavy atom. The third-order valence-corrected chi connectivity index (χ3v) is 2.38. The van der Waals surface area contributed by atoms with Gasteiger partial charge in [-0.2, -0.15) is 13.2 Å². The number of hydrogen-bond donors (Lipinski definition) is 0. The molecule has 74 valence electrons. The summed E-state index contributed by atoms with van der Waals surface area (Å²) in [5, 5.41) is 0. The first-order valence-electron chi connectivity index (χ1n) is 3.62. The Balaban J connectivity index is 0.00000169. The van der Waals surface area contributed by atoms with Crippen molar-refractivity contribution in [1.29, 1.82) is 0 Å². The van der Waals surface area contributed by atoms with Gasteiger partial charge in [-0.3, -0.25) is 4.79 Å². The van der Waals surface area contributed by atoms with Crippen molar-refractivity contribution in [2.24, 2.45) is 0 Å². The molecule has 0 atom stereocenters. The molecule has 0 spiro atoms. The predicted octanol–water partition coefficient (Wildman–Crippen LogP) is 3.29. The third kappa shape index (κ3) is 3.67. The Morgan fingerprint density at radius 2 is 2.08 bits per heavy atom.